The molecular formula is C18H20N6O. The minimum atomic E-state index is -0.472. The molecule has 0 aromatic carbocycles. The minimum Gasteiger partial charge on any atom is -0.388 e. The molecule has 7 nitrogen and oxygen atoms in total. The second kappa shape index (κ2) is 7.12. The number of anilines is 1. The number of nitrogens with one attached hydrogen (secondary N) is 2. The van der Waals surface area contributed by atoms with Crippen LogP contribution in [0.25, 0.3) is 16.8 Å². The van der Waals surface area contributed by atoms with Gasteiger partial charge in [0.1, 0.15) is 5.82 Å². The highest BCUT2D eigenvalue weighted by Gasteiger charge is 2.22. The van der Waals surface area contributed by atoms with Crippen LogP contribution in [-0.4, -0.2) is 35.8 Å². The Morgan fingerprint density at radius 2 is 2.12 bits per heavy atom. The number of aryl methyl sites for hydroxylation is 1. The molecule has 2 aromatic rings. The molecular weight excluding hydrogens is 316 g/mol. The van der Waals surface area contributed by atoms with E-state index in [1.165, 1.54) is 11.1 Å². The molecule has 25 heavy (non-hydrogen) atoms. The number of amides is 2. The van der Waals surface area contributed by atoms with Gasteiger partial charge in [0.15, 0.2) is 0 Å². The van der Waals surface area contributed by atoms with Gasteiger partial charge in [-0.2, -0.15) is 0 Å². The summed E-state index contributed by atoms with van der Waals surface area (Å²) in [6.45, 7) is 0.603. The highest BCUT2D eigenvalue weighted by atomic mass is 16.2. The van der Waals surface area contributed by atoms with E-state index in [9.17, 15) is 4.79 Å². The van der Waals surface area contributed by atoms with E-state index in [2.05, 4.69) is 15.3 Å². The summed E-state index contributed by atoms with van der Waals surface area (Å²) in [6.07, 6.45) is 9.90. The van der Waals surface area contributed by atoms with Crippen LogP contribution in [0.3, 0.4) is 0 Å². The lowest BCUT2D eigenvalue weighted by Gasteiger charge is -2.26. The summed E-state index contributed by atoms with van der Waals surface area (Å²) in [4.78, 5) is 21.8. The molecule has 3 heterocycles. The monoisotopic (exact) mass is 336 g/mol. The van der Waals surface area contributed by atoms with Crippen molar-refractivity contribution in [3.63, 3.8) is 0 Å². The molecule has 0 unspecified atom stereocenters. The molecule has 2 aromatic heterocycles. The molecule has 4 N–H and O–H groups in total. The number of fused-ring (bicyclic) bond motifs is 1. The molecule has 0 bridgehead atoms. The Bertz CT molecular complexity index is 845. The molecule has 0 saturated heterocycles. The lowest BCUT2D eigenvalue weighted by Crippen LogP contribution is -2.40. The van der Waals surface area contributed by atoms with E-state index in [0.29, 0.717) is 12.4 Å². The molecule has 7 heteroatoms. The van der Waals surface area contributed by atoms with Gasteiger partial charge in [0.25, 0.3) is 0 Å². The fraction of sp³-hybridized carbons (Fsp3) is 0.222. The minimum absolute atomic E-state index is 0.472. The number of hydrogen-bond donors (Lipinski definition) is 3. The first kappa shape index (κ1) is 16.6. The van der Waals surface area contributed by atoms with Crippen molar-refractivity contribution >= 4 is 23.8 Å². The zero-order valence-electron chi connectivity index (χ0n) is 14.0. The average molecular weight is 336 g/mol. The van der Waals surface area contributed by atoms with E-state index in [1.807, 2.05) is 12.1 Å². The zero-order chi connectivity index (χ0) is 17.8. The maximum atomic E-state index is 11.6. The second-order valence-electron chi connectivity index (χ2n) is 5.76. The first-order valence-corrected chi connectivity index (χ1v) is 8.04. The lowest BCUT2D eigenvalue weighted by molar-refractivity contribution is 0.253. The summed E-state index contributed by atoms with van der Waals surface area (Å²) >= 11 is 0. The first-order chi connectivity index (χ1) is 12.1. The normalized spacial score (nSPS) is 14.0. The Morgan fingerprint density at radius 1 is 1.32 bits per heavy atom. The van der Waals surface area contributed by atoms with Crippen molar-refractivity contribution < 1.29 is 4.79 Å². The van der Waals surface area contributed by atoms with Gasteiger partial charge < -0.3 is 16.5 Å². The zero-order valence-corrected chi connectivity index (χ0v) is 14.0. The van der Waals surface area contributed by atoms with Gasteiger partial charge in [0, 0.05) is 60.8 Å². The Balaban J connectivity index is 1.99. The number of hydrogen-bond acceptors (Lipinski definition) is 5. The number of aromatic nitrogens is 2. The van der Waals surface area contributed by atoms with E-state index in [4.69, 9.17) is 11.1 Å². The number of urea groups is 1. The molecule has 0 fully saturated rings. The van der Waals surface area contributed by atoms with Crippen LogP contribution in [-0.2, 0) is 6.42 Å². The van der Waals surface area contributed by atoms with Crippen molar-refractivity contribution in [1.82, 2.24) is 15.3 Å². The number of nitrogens with zero attached hydrogens (tertiary/aromatic N) is 3. The molecule has 3 rings (SSSR count). The van der Waals surface area contributed by atoms with Gasteiger partial charge in [-0.1, -0.05) is 0 Å². The van der Waals surface area contributed by atoms with Crippen molar-refractivity contribution in [2.24, 2.45) is 5.73 Å². The highest BCUT2D eigenvalue weighted by Crippen LogP contribution is 2.29. The number of carbonyl (C=O) groups is 1. The number of carbonyl (C=O) groups excluding carboxylic acids is 1. The van der Waals surface area contributed by atoms with E-state index in [-0.39, 0.29) is 0 Å². The topological polar surface area (TPSA) is 108 Å². The number of allylic oxidation sites excluding steroid dienone is 1. The third-order valence-electron chi connectivity index (χ3n) is 4.19. The molecule has 1 aliphatic heterocycles. The van der Waals surface area contributed by atoms with Crippen LogP contribution >= 0.6 is 0 Å². The van der Waals surface area contributed by atoms with Crippen molar-refractivity contribution in [3.8, 4) is 11.1 Å². The van der Waals surface area contributed by atoms with Crippen molar-refractivity contribution in [2.75, 3.05) is 18.5 Å². The van der Waals surface area contributed by atoms with Gasteiger partial charge in [0.05, 0.1) is 0 Å². The Hall–Kier alpha value is -3.22. The van der Waals surface area contributed by atoms with Gasteiger partial charge in [-0.25, -0.2) is 9.78 Å². The van der Waals surface area contributed by atoms with Gasteiger partial charge in [-0.05, 0) is 36.6 Å². The largest absolute Gasteiger partial charge is 0.388 e. The highest BCUT2D eigenvalue weighted by molar-refractivity contribution is 5.91. The fourth-order valence-corrected chi connectivity index (χ4v) is 2.99. The van der Waals surface area contributed by atoms with E-state index in [1.54, 1.807) is 31.7 Å². The third-order valence-corrected chi connectivity index (χ3v) is 4.19. The summed E-state index contributed by atoms with van der Waals surface area (Å²) in [5.41, 5.74) is 10.0. The van der Waals surface area contributed by atoms with Gasteiger partial charge in [-0.3, -0.25) is 9.88 Å². The fourth-order valence-electron chi connectivity index (χ4n) is 2.99. The van der Waals surface area contributed by atoms with Crippen LogP contribution in [0.2, 0.25) is 0 Å². The maximum absolute atomic E-state index is 11.6. The van der Waals surface area contributed by atoms with Crippen LogP contribution in [0.15, 0.2) is 36.8 Å². The molecule has 0 saturated carbocycles. The smallest absolute Gasteiger partial charge is 0.320 e. The maximum Gasteiger partial charge on any atom is 0.320 e. The standard InChI is InChI=1S/C18H20N6O/c1-21-16(4-5-19)15-8-13(9-22-10-15)14-7-12-3-2-6-24(18(20)25)17(12)23-11-14/h4-5,7-11,19,21H,2-3,6H2,1H3,(H2,20,25)/b16-4-,19-5?. The number of pyridine rings is 2. The summed E-state index contributed by atoms with van der Waals surface area (Å²) in [7, 11) is 1.81. The molecule has 1 aliphatic rings. The number of rotatable bonds is 4. The molecule has 0 atom stereocenters. The number of nitrogens with two attached hydrogens (primary N) is 1. The quantitative estimate of drug-likeness (QED) is 0.744. The van der Waals surface area contributed by atoms with E-state index in [0.717, 1.165) is 40.8 Å². The van der Waals surface area contributed by atoms with E-state index >= 15 is 0 Å². The van der Waals surface area contributed by atoms with Crippen LogP contribution in [0.4, 0.5) is 10.6 Å². The Kier molecular flexibility index (Phi) is 4.74. The van der Waals surface area contributed by atoms with Crippen LogP contribution in [0, 0.1) is 5.41 Å². The second-order valence-corrected chi connectivity index (χ2v) is 5.76. The Morgan fingerprint density at radius 3 is 2.84 bits per heavy atom. The Labute approximate surface area is 146 Å². The molecule has 0 spiro atoms. The van der Waals surface area contributed by atoms with Gasteiger partial charge in [-0.15, -0.1) is 0 Å². The molecule has 0 aliphatic carbocycles. The summed E-state index contributed by atoms with van der Waals surface area (Å²) in [5.74, 6) is 0.645. The summed E-state index contributed by atoms with van der Waals surface area (Å²) in [6, 6.07) is 3.56. The average Bonchev–Trinajstić information content (AvgIpc) is 2.65. The predicted molar refractivity (Wildman–Crippen MR) is 98.5 cm³/mol. The van der Waals surface area contributed by atoms with Gasteiger partial charge >= 0.3 is 6.03 Å². The molecule has 128 valence electrons. The SMILES string of the molecule is CN/C(=C\C=N)c1cncc(-c2cnc3c(c2)CCCN3C(N)=O)c1. The van der Waals surface area contributed by atoms with Crippen LogP contribution in [0.5, 0.6) is 0 Å². The lowest BCUT2D eigenvalue weighted by atomic mass is 10.0. The summed E-state index contributed by atoms with van der Waals surface area (Å²) in [5, 5.41) is 10.3. The molecule has 0 radical (unpaired) electrons. The van der Waals surface area contributed by atoms with E-state index < -0.39 is 6.03 Å². The number of primary amides is 1. The van der Waals surface area contributed by atoms with Crippen LogP contribution in [0.1, 0.15) is 17.5 Å². The van der Waals surface area contributed by atoms with Crippen molar-refractivity contribution in [3.05, 3.63) is 47.9 Å². The molecule has 2 amide bonds. The van der Waals surface area contributed by atoms with Crippen molar-refractivity contribution in [2.45, 2.75) is 12.8 Å². The summed E-state index contributed by atoms with van der Waals surface area (Å²) < 4.78 is 0. The third kappa shape index (κ3) is 3.35. The first-order valence-electron chi connectivity index (χ1n) is 8.04. The van der Waals surface area contributed by atoms with Crippen molar-refractivity contribution in [1.29, 1.82) is 5.41 Å². The van der Waals surface area contributed by atoms with Gasteiger partial charge in [0.2, 0.25) is 0 Å². The van der Waals surface area contributed by atoms with Crippen LogP contribution < -0.4 is 16.0 Å². The predicted octanol–water partition coefficient (Wildman–Crippen LogP) is 2.18.